The van der Waals surface area contributed by atoms with Crippen molar-refractivity contribution in [3.05, 3.63) is 11.9 Å². The molecule has 0 amide bonds. The SMILES string of the molecule is Cn1nncc1C(N)CC1CCCCC1. The van der Waals surface area contributed by atoms with Crippen molar-refractivity contribution in [1.29, 1.82) is 0 Å². The lowest BCUT2D eigenvalue weighted by Crippen LogP contribution is -2.19. The molecule has 1 aliphatic rings. The summed E-state index contributed by atoms with van der Waals surface area (Å²) in [5.74, 6) is 0.809. The Morgan fingerprint density at radius 1 is 1.47 bits per heavy atom. The number of nitrogens with two attached hydrogens (primary N) is 1. The zero-order valence-corrected chi connectivity index (χ0v) is 9.39. The minimum atomic E-state index is 0.105. The molecule has 1 aromatic rings. The molecule has 0 saturated heterocycles. The van der Waals surface area contributed by atoms with E-state index in [1.165, 1.54) is 32.1 Å². The predicted octanol–water partition coefficient (Wildman–Crippen LogP) is 1.79. The van der Waals surface area contributed by atoms with Crippen molar-refractivity contribution in [3.63, 3.8) is 0 Å². The molecule has 1 fully saturated rings. The molecule has 1 saturated carbocycles. The molecule has 0 aliphatic heterocycles. The summed E-state index contributed by atoms with van der Waals surface area (Å²) in [7, 11) is 1.91. The minimum absolute atomic E-state index is 0.105. The highest BCUT2D eigenvalue weighted by Gasteiger charge is 2.19. The summed E-state index contributed by atoms with van der Waals surface area (Å²) in [6.45, 7) is 0. The molecular formula is C11H20N4. The van der Waals surface area contributed by atoms with Gasteiger partial charge in [0.05, 0.1) is 11.9 Å². The molecule has 4 heteroatoms. The van der Waals surface area contributed by atoms with Gasteiger partial charge in [0.2, 0.25) is 0 Å². The molecule has 2 N–H and O–H groups in total. The van der Waals surface area contributed by atoms with E-state index >= 15 is 0 Å². The van der Waals surface area contributed by atoms with Gasteiger partial charge < -0.3 is 5.73 Å². The average molecular weight is 208 g/mol. The van der Waals surface area contributed by atoms with Gasteiger partial charge in [0, 0.05) is 13.1 Å². The van der Waals surface area contributed by atoms with Gasteiger partial charge in [-0.1, -0.05) is 37.3 Å². The Balaban J connectivity index is 1.91. The van der Waals surface area contributed by atoms with Crippen LogP contribution < -0.4 is 5.73 Å². The van der Waals surface area contributed by atoms with Crippen molar-refractivity contribution in [2.75, 3.05) is 0 Å². The molecule has 1 unspecified atom stereocenters. The Kier molecular flexibility index (Phi) is 3.36. The van der Waals surface area contributed by atoms with Crippen molar-refractivity contribution >= 4 is 0 Å². The molecule has 84 valence electrons. The first-order valence-corrected chi connectivity index (χ1v) is 5.87. The fourth-order valence-corrected chi connectivity index (χ4v) is 2.54. The third-order valence-electron chi connectivity index (χ3n) is 3.44. The van der Waals surface area contributed by atoms with Gasteiger partial charge in [-0.15, -0.1) is 5.10 Å². The Labute approximate surface area is 90.8 Å². The van der Waals surface area contributed by atoms with Crippen molar-refractivity contribution in [1.82, 2.24) is 15.0 Å². The van der Waals surface area contributed by atoms with Gasteiger partial charge in [-0.3, -0.25) is 4.68 Å². The molecule has 1 atom stereocenters. The maximum atomic E-state index is 6.17. The number of hydrogen-bond donors (Lipinski definition) is 1. The minimum Gasteiger partial charge on any atom is -0.323 e. The highest BCUT2D eigenvalue weighted by molar-refractivity contribution is 5.00. The summed E-state index contributed by atoms with van der Waals surface area (Å²) >= 11 is 0. The van der Waals surface area contributed by atoms with E-state index in [9.17, 15) is 0 Å². The maximum absolute atomic E-state index is 6.17. The molecule has 4 nitrogen and oxygen atoms in total. The second kappa shape index (κ2) is 4.75. The average Bonchev–Trinajstić information content (AvgIpc) is 2.66. The fraction of sp³-hybridized carbons (Fsp3) is 0.818. The standard InChI is InChI=1S/C11H20N4/c1-15-11(8-13-14-15)10(12)7-9-5-3-2-4-6-9/h8-10H,2-7,12H2,1H3. The molecule has 0 aromatic carbocycles. The summed E-state index contributed by atoms with van der Waals surface area (Å²) in [5.41, 5.74) is 7.23. The molecule has 2 rings (SSSR count). The first kappa shape index (κ1) is 10.6. The molecule has 0 radical (unpaired) electrons. The molecule has 1 aliphatic carbocycles. The van der Waals surface area contributed by atoms with E-state index in [2.05, 4.69) is 10.3 Å². The molecule has 15 heavy (non-hydrogen) atoms. The number of aromatic nitrogens is 3. The highest BCUT2D eigenvalue weighted by Crippen LogP contribution is 2.30. The Hall–Kier alpha value is -0.900. The van der Waals surface area contributed by atoms with Crippen molar-refractivity contribution in [2.24, 2.45) is 18.7 Å². The summed E-state index contributed by atoms with van der Waals surface area (Å²) in [5, 5.41) is 7.79. The molecule has 1 aromatic heterocycles. The van der Waals surface area contributed by atoms with Crippen LogP contribution in [-0.2, 0) is 7.05 Å². The van der Waals surface area contributed by atoms with Gasteiger partial charge in [0.25, 0.3) is 0 Å². The van der Waals surface area contributed by atoms with Crippen LogP contribution in [0, 0.1) is 5.92 Å². The first-order valence-electron chi connectivity index (χ1n) is 5.87. The van der Waals surface area contributed by atoms with Crippen molar-refractivity contribution < 1.29 is 0 Å². The zero-order valence-electron chi connectivity index (χ0n) is 9.39. The molecule has 0 bridgehead atoms. The van der Waals surface area contributed by atoms with Crippen LogP contribution in [0.3, 0.4) is 0 Å². The molecule has 0 spiro atoms. The van der Waals surface area contributed by atoms with Crippen LogP contribution in [-0.4, -0.2) is 15.0 Å². The smallest absolute Gasteiger partial charge is 0.0751 e. The van der Waals surface area contributed by atoms with Crippen LogP contribution in [0.25, 0.3) is 0 Å². The zero-order chi connectivity index (χ0) is 10.7. The molecular weight excluding hydrogens is 188 g/mol. The Bertz CT molecular complexity index is 301. The second-order valence-electron chi connectivity index (χ2n) is 4.63. The van der Waals surface area contributed by atoms with Crippen LogP contribution in [0.5, 0.6) is 0 Å². The first-order chi connectivity index (χ1) is 7.27. The van der Waals surface area contributed by atoms with Crippen LogP contribution in [0.1, 0.15) is 50.3 Å². The van der Waals surface area contributed by atoms with Gasteiger partial charge >= 0.3 is 0 Å². The lowest BCUT2D eigenvalue weighted by Gasteiger charge is -2.24. The van der Waals surface area contributed by atoms with Crippen LogP contribution in [0.4, 0.5) is 0 Å². The molecule has 1 heterocycles. The number of aryl methyl sites for hydroxylation is 1. The van der Waals surface area contributed by atoms with E-state index in [0.29, 0.717) is 0 Å². The number of rotatable bonds is 3. The number of nitrogens with zero attached hydrogens (tertiary/aromatic N) is 3. The summed E-state index contributed by atoms with van der Waals surface area (Å²) in [6.07, 6.45) is 9.72. The second-order valence-corrected chi connectivity index (χ2v) is 4.63. The largest absolute Gasteiger partial charge is 0.323 e. The van der Waals surface area contributed by atoms with Gasteiger partial charge in [-0.05, 0) is 12.3 Å². The van der Waals surface area contributed by atoms with Crippen LogP contribution >= 0.6 is 0 Å². The highest BCUT2D eigenvalue weighted by atomic mass is 15.4. The lowest BCUT2D eigenvalue weighted by atomic mass is 9.84. The Morgan fingerprint density at radius 3 is 2.80 bits per heavy atom. The van der Waals surface area contributed by atoms with E-state index in [-0.39, 0.29) is 6.04 Å². The maximum Gasteiger partial charge on any atom is 0.0751 e. The summed E-state index contributed by atoms with van der Waals surface area (Å²) in [4.78, 5) is 0. The number of hydrogen-bond acceptors (Lipinski definition) is 3. The Morgan fingerprint density at radius 2 is 2.20 bits per heavy atom. The monoisotopic (exact) mass is 208 g/mol. The quantitative estimate of drug-likeness (QED) is 0.823. The third-order valence-corrected chi connectivity index (χ3v) is 3.44. The van der Waals surface area contributed by atoms with Crippen molar-refractivity contribution in [2.45, 2.75) is 44.6 Å². The van der Waals surface area contributed by atoms with Crippen LogP contribution in [0.15, 0.2) is 6.20 Å². The van der Waals surface area contributed by atoms with E-state index in [0.717, 1.165) is 18.0 Å². The van der Waals surface area contributed by atoms with Crippen LogP contribution in [0.2, 0.25) is 0 Å². The van der Waals surface area contributed by atoms with Gasteiger partial charge in [0.1, 0.15) is 0 Å². The van der Waals surface area contributed by atoms with E-state index in [4.69, 9.17) is 5.73 Å². The van der Waals surface area contributed by atoms with E-state index in [1.807, 2.05) is 7.05 Å². The van der Waals surface area contributed by atoms with Gasteiger partial charge in [-0.25, -0.2) is 0 Å². The van der Waals surface area contributed by atoms with Gasteiger partial charge in [-0.2, -0.15) is 0 Å². The van der Waals surface area contributed by atoms with Gasteiger partial charge in [0.15, 0.2) is 0 Å². The van der Waals surface area contributed by atoms with Crippen molar-refractivity contribution in [3.8, 4) is 0 Å². The third kappa shape index (κ3) is 2.56. The topological polar surface area (TPSA) is 56.7 Å². The predicted molar refractivity (Wildman–Crippen MR) is 59.1 cm³/mol. The van der Waals surface area contributed by atoms with E-state index in [1.54, 1.807) is 10.9 Å². The summed E-state index contributed by atoms with van der Waals surface area (Å²) in [6, 6.07) is 0.105. The summed E-state index contributed by atoms with van der Waals surface area (Å²) < 4.78 is 1.79. The lowest BCUT2D eigenvalue weighted by molar-refractivity contribution is 0.315. The normalized spacial score (nSPS) is 20.4. The fourth-order valence-electron chi connectivity index (χ4n) is 2.54. The van der Waals surface area contributed by atoms with E-state index < -0.39 is 0 Å².